The van der Waals surface area contributed by atoms with E-state index < -0.39 is 33.9 Å². The zero-order valence-corrected chi connectivity index (χ0v) is 20.2. The van der Waals surface area contributed by atoms with Crippen LogP contribution in [0.4, 0.5) is 24.5 Å². The molecule has 5 nitrogen and oxygen atoms in total. The molecule has 0 aliphatic rings. The Labute approximate surface area is 196 Å². The van der Waals surface area contributed by atoms with Crippen molar-refractivity contribution in [2.45, 2.75) is 48.0 Å². The Bertz CT molecular complexity index is 1310. The van der Waals surface area contributed by atoms with Gasteiger partial charge in [0.05, 0.1) is 16.8 Å². The Morgan fingerprint density at radius 1 is 1.09 bits per heavy atom. The van der Waals surface area contributed by atoms with Crippen LogP contribution in [0, 0.1) is 35.7 Å². The number of rotatable bonds is 6. The smallest absolute Gasteiger partial charge is 0.229 e. The lowest BCUT2D eigenvalue weighted by molar-refractivity contribution is -0.123. The van der Waals surface area contributed by atoms with E-state index in [4.69, 9.17) is 4.42 Å². The average molecular weight is 475 g/mol. The van der Waals surface area contributed by atoms with Crippen LogP contribution in [0.15, 0.2) is 33.5 Å². The standard InChI is InChI=1S/C26H29F3N2O3/c1-13(2)9-10-30-23-20-18(32)12-19(34-24(20)22(29)14(3)21(23)28)15-7-8-17(16(27)11-15)31-25(33)26(4,5)6/h7-8,11-13,30H,9-10H2,1-6H3,(H,31,33). The molecule has 0 unspecified atom stereocenters. The molecule has 0 saturated carbocycles. The van der Waals surface area contributed by atoms with Gasteiger partial charge in [0.15, 0.2) is 22.6 Å². The number of benzene rings is 2. The maximum Gasteiger partial charge on any atom is 0.229 e. The highest BCUT2D eigenvalue weighted by Gasteiger charge is 2.24. The number of hydrogen-bond donors (Lipinski definition) is 2. The monoisotopic (exact) mass is 474 g/mol. The van der Waals surface area contributed by atoms with E-state index in [2.05, 4.69) is 10.6 Å². The van der Waals surface area contributed by atoms with Crippen LogP contribution >= 0.6 is 0 Å². The molecular weight excluding hydrogens is 445 g/mol. The molecule has 1 aromatic heterocycles. The molecule has 0 aliphatic carbocycles. The first kappa shape index (κ1) is 25.3. The van der Waals surface area contributed by atoms with Crippen molar-refractivity contribution in [3.05, 3.63) is 57.5 Å². The summed E-state index contributed by atoms with van der Waals surface area (Å²) in [4.78, 5) is 25.1. The fourth-order valence-electron chi connectivity index (χ4n) is 3.32. The van der Waals surface area contributed by atoms with Gasteiger partial charge in [-0.25, -0.2) is 13.2 Å². The van der Waals surface area contributed by atoms with Crippen molar-refractivity contribution in [3.8, 4) is 11.3 Å². The molecule has 0 saturated heterocycles. The molecule has 34 heavy (non-hydrogen) atoms. The SMILES string of the molecule is Cc1c(F)c(NCCC(C)C)c2c(=O)cc(-c3ccc(NC(=O)C(C)(C)C)c(F)c3)oc2c1F. The molecule has 182 valence electrons. The number of nitrogens with one attached hydrogen (secondary N) is 2. The van der Waals surface area contributed by atoms with E-state index in [0.29, 0.717) is 12.5 Å². The molecule has 2 aromatic carbocycles. The number of halogens is 3. The number of hydrogen-bond acceptors (Lipinski definition) is 4. The lowest BCUT2D eigenvalue weighted by Crippen LogP contribution is -2.28. The summed E-state index contributed by atoms with van der Waals surface area (Å²) in [7, 11) is 0. The van der Waals surface area contributed by atoms with Crippen molar-refractivity contribution in [2.24, 2.45) is 11.3 Å². The molecule has 0 fully saturated rings. The van der Waals surface area contributed by atoms with Gasteiger partial charge in [0.1, 0.15) is 11.6 Å². The van der Waals surface area contributed by atoms with Gasteiger partial charge >= 0.3 is 0 Å². The van der Waals surface area contributed by atoms with Crippen molar-refractivity contribution < 1.29 is 22.4 Å². The minimum atomic E-state index is -0.990. The molecule has 0 atom stereocenters. The van der Waals surface area contributed by atoms with Crippen molar-refractivity contribution in [1.29, 1.82) is 0 Å². The fraction of sp³-hybridized carbons (Fsp3) is 0.385. The summed E-state index contributed by atoms with van der Waals surface area (Å²) in [6.45, 7) is 10.8. The third-order valence-electron chi connectivity index (χ3n) is 5.48. The Kier molecular flexibility index (Phi) is 7.10. The summed E-state index contributed by atoms with van der Waals surface area (Å²) in [5.41, 5.74) is -2.05. The maximum absolute atomic E-state index is 14.9. The van der Waals surface area contributed by atoms with Gasteiger partial charge < -0.3 is 15.1 Å². The second-order valence-corrected chi connectivity index (χ2v) is 9.82. The predicted octanol–water partition coefficient (Wildman–Crippen LogP) is 6.63. The highest BCUT2D eigenvalue weighted by molar-refractivity contribution is 5.95. The quantitative estimate of drug-likeness (QED) is 0.421. The normalized spacial score (nSPS) is 11.8. The van der Waals surface area contributed by atoms with E-state index in [1.54, 1.807) is 20.8 Å². The van der Waals surface area contributed by atoms with Crippen LogP contribution in [0.1, 0.15) is 46.6 Å². The third kappa shape index (κ3) is 5.11. The van der Waals surface area contributed by atoms with Crippen molar-refractivity contribution in [2.75, 3.05) is 17.2 Å². The second-order valence-electron chi connectivity index (χ2n) is 9.82. The lowest BCUT2D eigenvalue weighted by atomic mass is 9.95. The Hall–Kier alpha value is -3.29. The van der Waals surface area contributed by atoms with E-state index in [0.717, 1.165) is 18.6 Å². The molecule has 1 heterocycles. The van der Waals surface area contributed by atoms with Gasteiger partial charge in [-0.2, -0.15) is 0 Å². The number of amides is 1. The average Bonchev–Trinajstić information content (AvgIpc) is 2.74. The lowest BCUT2D eigenvalue weighted by Gasteiger charge is -2.18. The first-order valence-electron chi connectivity index (χ1n) is 11.1. The van der Waals surface area contributed by atoms with Gasteiger partial charge in [0.2, 0.25) is 5.91 Å². The van der Waals surface area contributed by atoms with Gasteiger partial charge in [-0.3, -0.25) is 9.59 Å². The topological polar surface area (TPSA) is 71.3 Å². The van der Waals surface area contributed by atoms with Crippen LogP contribution < -0.4 is 16.1 Å². The first-order chi connectivity index (χ1) is 15.8. The van der Waals surface area contributed by atoms with Gasteiger partial charge in [-0.1, -0.05) is 34.6 Å². The first-order valence-corrected chi connectivity index (χ1v) is 11.1. The molecule has 3 rings (SSSR count). The highest BCUT2D eigenvalue weighted by atomic mass is 19.1. The van der Waals surface area contributed by atoms with Gasteiger partial charge in [-0.15, -0.1) is 0 Å². The van der Waals surface area contributed by atoms with Crippen molar-refractivity contribution in [1.82, 2.24) is 0 Å². The van der Waals surface area contributed by atoms with E-state index in [9.17, 15) is 22.8 Å². The van der Waals surface area contributed by atoms with Gasteiger partial charge in [-0.05, 0) is 37.5 Å². The van der Waals surface area contributed by atoms with Crippen LogP contribution in [0.3, 0.4) is 0 Å². The number of carbonyl (C=O) groups is 1. The summed E-state index contributed by atoms with van der Waals surface area (Å²) in [6, 6.07) is 4.94. The largest absolute Gasteiger partial charge is 0.453 e. The van der Waals surface area contributed by atoms with Gasteiger partial charge in [0.25, 0.3) is 0 Å². The van der Waals surface area contributed by atoms with Crippen molar-refractivity contribution in [3.63, 3.8) is 0 Å². The molecule has 0 spiro atoms. The minimum absolute atomic E-state index is 0.0347. The van der Waals surface area contributed by atoms with Crippen LogP contribution in [-0.4, -0.2) is 12.5 Å². The summed E-state index contributed by atoms with van der Waals surface area (Å²) in [5.74, 6) is -2.69. The van der Waals surface area contributed by atoms with Crippen LogP contribution in [0.5, 0.6) is 0 Å². The van der Waals surface area contributed by atoms with E-state index in [1.807, 2.05) is 13.8 Å². The summed E-state index contributed by atoms with van der Waals surface area (Å²) in [5, 5.41) is 5.18. The summed E-state index contributed by atoms with van der Waals surface area (Å²) >= 11 is 0. The highest BCUT2D eigenvalue weighted by Crippen LogP contribution is 2.34. The van der Waals surface area contributed by atoms with E-state index in [1.165, 1.54) is 19.1 Å². The Morgan fingerprint density at radius 2 is 1.76 bits per heavy atom. The van der Waals surface area contributed by atoms with E-state index >= 15 is 0 Å². The van der Waals surface area contributed by atoms with Crippen LogP contribution in [0.2, 0.25) is 0 Å². The maximum atomic E-state index is 14.9. The molecule has 0 aliphatic heterocycles. The molecule has 3 aromatic rings. The second kappa shape index (κ2) is 9.52. The molecule has 1 amide bonds. The third-order valence-corrected chi connectivity index (χ3v) is 5.48. The molecule has 0 radical (unpaired) electrons. The number of carbonyl (C=O) groups excluding carboxylic acids is 1. The minimum Gasteiger partial charge on any atom is -0.453 e. The molecule has 0 bridgehead atoms. The number of anilines is 2. The predicted molar refractivity (Wildman–Crippen MR) is 129 cm³/mol. The van der Waals surface area contributed by atoms with Crippen molar-refractivity contribution >= 4 is 28.3 Å². The van der Waals surface area contributed by atoms with Crippen LogP contribution in [0.25, 0.3) is 22.3 Å². The Morgan fingerprint density at radius 3 is 2.35 bits per heavy atom. The number of fused-ring (bicyclic) bond motifs is 1. The summed E-state index contributed by atoms with van der Waals surface area (Å²) in [6.07, 6.45) is 0.720. The Balaban J connectivity index is 2.08. The van der Waals surface area contributed by atoms with E-state index in [-0.39, 0.29) is 39.6 Å². The molecule has 8 heteroatoms. The summed E-state index contributed by atoms with van der Waals surface area (Å²) < 4.78 is 50.1. The molecule has 2 N–H and O–H groups in total. The fourth-order valence-corrected chi connectivity index (χ4v) is 3.32. The molecular formula is C26H29F3N2O3. The zero-order valence-electron chi connectivity index (χ0n) is 20.2. The van der Waals surface area contributed by atoms with Crippen LogP contribution in [-0.2, 0) is 4.79 Å². The van der Waals surface area contributed by atoms with Gasteiger partial charge in [0, 0.05) is 29.2 Å². The zero-order chi connectivity index (χ0) is 25.4.